The first-order valence-corrected chi connectivity index (χ1v) is 5.80. The van der Waals surface area contributed by atoms with Crippen LogP contribution in [-0.4, -0.2) is 18.5 Å². The second-order valence-electron chi connectivity index (χ2n) is 3.34. The third kappa shape index (κ3) is 4.43. The zero-order chi connectivity index (χ0) is 11.1. The van der Waals surface area contributed by atoms with Crippen LogP contribution in [0.5, 0.6) is 5.75 Å². The molecule has 1 rings (SSSR count). The van der Waals surface area contributed by atoms with Crippen LogP contribution < -0.4 is 10.1 Å². The van der Waals surface area contributed by atoms with E-state index in [-0.39, 0.29) is 5.38 Å². The number of ether oxygens (including phenoxy) is 1. The first kappa shape index (κ1) is 12.2. The lowest BCUT2D eigenvalue weighted by Gasteiger charge is -2.10. The van der Waals surface area contributed by atoms with E-state index in [1.54, 1.807) is 0 Å². The molecule has 0 saturated heterocycles. The van der Waals surface area contributed by atoms with Crippen LogP contribution in [0.2, 0.25) is 0 Å². The van der Waals surface area contributed by atoms with Gasteiger partial charge in [0.05, 0.1) is 12.0 Å². The molecule has 0 amide bonds. The lowest BCUT2D eigenvalue weighted by atomic mass is 10.3. The fraction of sp³-hybridized carbons (Fsp3) is 0.500. The van der Waals surface area contributed by atoms with E-state index in [0.717, 1.165) is 24.4 Å². The van der Waals surface area contributed by atoms with E-state index >= 15 is 0 Å². The lowest BCUT2D eigenvalue weighted by molar-refractivity contribution is 0.340. The molecule has 1 aromatic carbocycles. The van der Waals surface area contributed by atoms with E-state index in [4.69, 9.17) is 16.3 Å². The Morgan fingerprint density at radius 2 is 1.93 bits per heavy atom. The highest BCUT2D eigenvalue weighted by Crippen LogP contribution is 2.16. The van der Waals surface area contributed by atoms with Gasteiger partial charge in [-0.2, -0.15) is 0 Å². The Bertz CT molecular complexity index is 273. The smallest absolute Gasteiger partial charge is 0.119 e. The summed E-state index contributed by atoms with van der Waals surface area (Å²) in [6.45, 7) is 5.56. The van der Waals surface area contributed by atoms with Crippen molar-refractivity contribution in [3.8, 4) is 5.75 Å². The van der Waals surface area contributed by atoms with Crippen molar-refractivity contribution in [1.29, 1.82) is 0 Å². The van der Waals surface area contributed by atoms with Crippen molar-refractivity contribution in [2.75, 3.05) is 18.5 Å². The predicted octanol–water partition coefficient (Wildman–Crippen LogP) is 3.51. The summed E-state index contributed by atoms with van der Waals surface area (Å²) in [7, 11) is 0. The maximum absolute atomic E-state index is 6.01. The van der Waals surface area contributed by atoms with Crippen molar-refractivity contribution >= 4 is 17.3 Å². The summed E-state index contributed by atoms with van der Waals surface area (Å²) in [5.41, 5.74) is 1.08. The molecule has 84 valence electrons. The zero-order valence-corrected chi connectivity index (χ0v) is 10.1. The fourth-order valence-corrected chi connectivity index (χ4v) is 1.29. The van der Waals surface area contributed by atoms with Crippen molar-refractivity contribution in [2.45, 2.75) is 25.6 Å². The topological polar surface area (TPSA) is 21.3 Å². The van der Waals surface area contributed by atoms with Crippen molar-refractivity contribution in [3.05, 3.63) is 24.3 Å². The average Bonchev–Trinajstić information content (AvgIpc) is 2.28. The standard InChI is InChI=1S/C12H18ClNO/c1-3-10(13)9-14-11-5-7-12(8-6-11)15-4-2/h5-8,10,14H,3-4,9H2,1-2H3. The average molecular weight is 228 g/mol. The molecule has 0 fully saturated rings. The molecule has 1 aromatic rings. The molecule has 0 bridgehead atoms. The van der Waals surface area contributed by atoms with Gasteiger partial charge >= 0.3 is 0 Å². The second-order valence-corrected chi connectivity index (χ2v) is 3.96. The summed E-state index contributed by atoms with van der Waals surface area (Å²) in [6.07, 6.45) is 0.978. The van der Waals surface area contributed by atoms with Crippen LogP contribution in [0.4, 0.5) is 5.69 Å². The Kier molecular flexibility index (Phi) is 5.33. The van der Waals surface area contributed by atoms with Crippen LogP contribution >= 0.6 is 11.6 Å². The third-order valence-corrected chi connectivity index (χ3v) is 2.60. The number of benzene rings is 1. The summed E-state index contributed by atoms with van der Waals surface area (Å²) in [4.78, 5) is 0. The van der Waals surface area contributed by atoms with Crippen LogP contribution in [-0.2, 0) is 0 Å². The Morgan fingerprint density at radius 1 is 1.27 bits per heavy atom. The maximum atomic E-state index is 6.01. The fourth-order valence-electron chi connectivity index (χ4n) is 1.21. The highest BCUT2D eigenvalue weighted by atomic mass is 35.5. The minimum absolute atomic E-state index is 0.191. The van der Waals surface area contributed by atoms with Gasteiger partial charge in [-0.3, -0.25) is 0 Å². The number of hydrogen-bond acceptors (Lipinski definition) is 2. The molecule has 0 radical (unpaired) electrons. The molecule has 0 heterocycles. The normalized spacial score (nSPS) is 12.2. The molecule has 0 aliphatic carbocycles. The molecule has 3 heteroatoms. The minimum Gasteiger partial charge on any atom is -0.494 e. The minimum atomic E-state index is 0.191. The lowest BCUT2D eigenvalue weighted by Crippen LogP contribution is -2.12. The Balaban J connectivity index is 2.42. The zero-order valence-electron chi connectivity index (χ0n) is 9.29. The molecule has 0 saturated carbocycles. The molecular weight excluding hydrogens is 210 g/mol. The molecule has 15 heavy (non-hydrogen) atoms. The third-order valence-electron chi connectivity index (χ3n) is 2.14. The highest BCUT2D eigenvalue weighted by molar-refractivity contribution is 6.20. The van der Waals surface area contributed by atoms with Gasteiger partial charge in [0.1, 0.15) is 5.75 Å². The number of alkyl halides is 1. The van der Waals surface area contributed by atoms with Gasteiger partial charge in [0.2, 0.25) is 0 Å². The molecule has 1 unspecified atom stereocenters. The largest absolute Gasteiger partial charge is 0.494 e. The van der Waals surface area contributed by atoms with Gasteiger partial charge in [-0.15, -0.1) is 11.6 Å². The molecule has 0 aliphatic heterocycles. The van der Waals surface area contributed by atoms with Crippen molar-refractivity contribution in [3.63, 3.8) is 0 Å². The number of halogens is 1. The molecule has 0 aliphatic rings. The van der Waals surface area contributed by atoms with Crippen LogP contribution in [0.15, 0.2) is 24.3 Å². The molecule has 0 spiro atoms. The van der Waals surface area contributed by atoms with Gasteiger partial charge < -0.3 is 10.1 Å². The second kappa shape index (κ2) is 6.57. The van der Waals surface area contributed by atoms with Gasteiger partial charge in [-0.1, -0.05) is 6.92 Å². The summed E-state index contributed by atoms with van der Waals surface area (Å²) in [5.74, 6) is 0.904. The molecular formula is C12H18ClNO. The van der Waals surface area contributed by atoms with E-state index in [1.165, 1.54) is 0 Å². The quantitative estimate of drug-likeness (QED) is 0.751. The van der Waals surface area contributed by atoms with Gasteiger partial charge in [-0.25, -0.2) is 0 Å². The van der Waals surface area contributed by atoms with Gasteiger partial charge in [0.15, 0.2) is 0 Å². The van der Waals surface area contributed by atoms with Crippen LogP contribution in [0.1, 0.15) is 20.3 Å². The van der Waals surface area contributed by atoms with E-state index in [1.807, 2.05) is 31.2 Å². The van der Waals surface area contributed by atoms with E-state index in [9.17, 15) is 0 Å². The Labute approximate surface area is 96.6 Å². The van der Waals surface area contributed by atoms with Gasteiger partial charge in [0.25, 0.3) is 0 Å². The predicted molar refractivity (Wildman–Crippen MR) is 66.0 cm³/mol. The summed E-state index contributed by atoms with van der Waals surface area (Å²) in [5, 5.41) is 3.47. The van der Waals surface area contributed by atoms with E-state index in [0.29, 0.717) is 6.61 Å². The first-order chi connectivity index (χ1) is 7.26. The molecule has 0 aromatic heterocycles. The summed E-state index contributed by atoms with van der Waals surface area (Å²) < 4.78 is 5.35. The number of rotatable bonds is 6. The van der Waals surface area contributed by atoms with Crippen molar-refractivity contribution in [2.24, 2.45) is 0 Å². The monoisotopic (exact) mass is 227 g/mol. The number of anilines is 1. The van der Waals surface area contributed by atoms with Crippen molar-refractivity contribution in [1.82, 2.24) is 0 Å². The molecule has 2 nitrogen and oxygen atoms in total. The van der Waals surface area contributed by atoms with Crippen LogP contribution in [0.25, 0.3) is 0 Å². The number of hydrogen-bond donors (Lipinski definition) is 1. The van der Waals surface area contributed by atoms with Gasteiger partial charge in [0, 0.05) is 12.2 Å². The Hall–Kier alpha value is -0.890. The molecule has 1 N–H and O–H groups in total. The van der Waals surface area contributed by atoms with Gasteiger partial charge in [-0.05, 0) is 37.6 Å². The Morgan fingerprint density at radius 3 is 2.47 bits per heavy atom. The van der Waals surface area contributed by atoms with Crippen LogP contribution in [0.3, 0.4) is 0 Å². The SMILES string of the molecule is CCOc1ccc(NCC(Cl)CC)cc1. The highest BCUT2D eigenvalue weighted by Gasteiger charge is 2.00. The maximum Gasteiger partial charge on any atom is 0.119 e. The van der Waals surface area contributed by atoms with E-state index < -0.39 is 0 Å². The first-order valence-electron chi connectivity index (χ1n) is 5.37. The summed E-state index contributed by atoms with van der Waals surface area (Å²) in [6, 6.07) is 7.93. The molecule has 1 atom stereocenters. The number of nitrogens with one attached hydrogen (secondary N) is 1. The van der Waals surface area contributed by atoms with Crippen molar-refractivity contribution < 1.29 is 4.74 Å². The summed E-state index contributed by atoms with van der Waals surface area (Å²) >= 11 is 6.01. The van der Waals surface area contributed by atoms with Crippen LogP contribution in [0, 0.1) is 0 Å². The van der Waals surface area contributed by atoms with E-state index in [2.05, 4.69) is 12.2 Å².